The first-order valence-electron chi connectivity index (χ1n) is 6.86. The van der Waals surface area contributed by atoms with Gasteiger partial charge in [-0.05, 0) is 44.0 Å². The zero-order chi connectivity index (χ0) is 15.4. The Bertz CT molecular complexity index is 731. The highest BCUT2D eigenvalue weighted by Crippen LogP contribution is 2.20. The van der Waals surface area contributed by atoms with E-state index in [9.17, 15) is 4.79 Å². The molecule has 0 fully saturated rings. The average Bonchev–Trinajstić information content (AvgIpc) is 2.73. The Morgan fingerprint density at radius 3 is 2.52 bits per heavy atom. The number of Topliss-reactive ketones (excluding diaryl/α,β-unsaturated/α-hetero) is 1. The summed E-state index contributed by atoms with van der Waals surface area (Å²) in [5.74, 6) is -0.203. The molecule has 21 heavy (non-hydrogen) atoms. The van der Waals surface area contributed by atoms with Crippen molar-refractivity contribution in [2.24, 2.45) is 0 Å². The van der Waals surface area contributed by atoms with Crippen molar-refractivity contribution >= 4 is 11.9 Å². The number of hydrogen-bond acceptors (Lipinski definition) is 2. The summed E-state index contributed by atoms with van der Waals surface area (Å²) in [6, 6.07) is 14.2. The molecule has 0 aliphatic rings. The van der Waals surface area contributed by atoms with E-state index in [0.29, 0.717) is 0 Å². The zero-order valence-electron chi connectivity index (χ0n) is 12.6. The van der Waals surface area contributed by atoms with E-state index >= 15 is 0 Å². The van der Waals surface area contributed by atoms with Crippen LogP contribution >= 0.6 is 0 Å². The molecule has 2 rings (SSSR count). The number of allylic oxidation sites excluding steroid dienone is 1. The lowest BCUT2D eigenvalue weighted by Gasteiger charge is -2.09. The summed E-state index contributed by atoms with van der Waals surface area (Å²) in [5, 5.41) is 9.01. The number of ketones is 1. The van der Waals surface area contributed by atoms with Gasteiger partial charge in [-0.15, -0.1) is 0 Å². The predicted octanol–water partition coefficient (Wildman–Crippen LogP) is 3.65. The van der Waals surface area contributed by atoms with Crippen LogP contribution in [-0.2, 0) is 11.3 Å². The second-order valence-corrected chi connectivity index (χ2v) is 5.12. The van der Waals surface area contributed by atoms with E-state index in [2.05, 4.69) is 16.7 Å². The van der Waals surface area contributed by atoms with Crippen molar-refractivity contribution in [1.29, 1.82) is 5.26 Å². The van der Waals surface area contributed by atoms with Crippen LogP contribution in [0.3, 0.4) is 0 Å². The van der Waals surface area contributed by atoms with Gasteiger partial charge < -0.3 is 4.57 Å². The van der Waals surface area contributed by atoms with Gasteiger partial charge in [-0.1, -0.05) is 30.3 Å². The second-order valence-electron chi connectivity index (χ2n) is 5.12. The number of hydrogen-bond donors (Lipinski definition) is 0. The molecule has 0 atom stereocenters. The first kappa shape index (κ1) is 14.8. The minimum Gasteiger partial charge on any atom is -0.344 e. The predicted molar refractivity (Wildman–Crippen MR) is 83.7 cm³/mol. The fraction of sp³-hybridized carbons (Fsp3) is 0.222. The third-order valence-electron chi connectivity index (χ3n) is 3.60. The van der Waals surface area contributed by atoms with Crippen LogP contribution in [0.25, 0.3) is 6.08 Å². The highest BCUT2D eigenvalue weighted by atomic mass is 16.1. The molecule has 106 valence electrons. The normalized spacial score (nSPS) is 11.2. The Kier molecular flexibility index (Phi) is 4.39. The van der Waals surface area contributed by atoms with Gasteiger partial charge in [0.15, 0.2) is 5.78 Å². The Morgan fingerprint density at radius 2 is 1.95 bits per heavy atom. The number of benzene rings is 1. The lowest BCUT2D eigenvalue weighted by molar-refractivity contribution is -0.113. The van der Waals surface area contributed by atoms with Crippen LogP contribution in [0.2, 0.25) is 0 Å². The minimum atomic E-state index is -0.203. The summed E-state index contributed by atoms with van der Waals surface area (Å²) in [6.07, 6.45) is 1.67. The van der Waals surface area contributed by atoms with E-state index in [1.807, 2.05) is 44.2 Å². The van der Waals surface area contributed by atoms with Gasteiger partial charge in [0.25, 0.3) is 0 Å². The van der Waals surface area contributed by atoms with Crippen LogP contribution in [0.15, 0.2) is 42.0 Å². The van der Waals surface area contributed by atoms with Crippen LogP contribution < -0.4 is 0 Å². The van der Waals surface area contributed by atoms with Crippen molar-refractivity contribution in [2.75, 3.05) is 0 Å². The van der Waals surface area contributed by atoms with Crippen LogP contribution in [0, 0.1) is 25.2 Å². The molecule has 3 heteroatoms. The number of aryl methyl sites for hydroxylation is 1. The molecule has 0 bridgehead atoms. The van der Waals surface area contributed by atoms with Crippen LogP contribution in [0.5, 0.6) is 0 Å². The topological polar surface area (TPSA) is 45.8 Å². The number of nitriles is 1. The molecule has 0 saturated heterocycles. The summed E-state index contributed by atoms with van der Waals surface area (Å²) in [5.41, 5.74) is 4.51. The van der Waals surface area contributed by atoms with Crippen molar-refractivity contribution in [1.82, 2.24) is 4.57 Å². The van der Waals surface area contributed by atoms with E-state index in [1.54, 1.807) is 6.08 Å². The van der Waals surface area contributed by atoms with Gasteiger partial charge in [0.05, 0.1) is 5.57 Å². The second kappa shape index (κ2) is 6.23. The third kappa shape index (κ3) is 3.29. The molecule has 0 N–H and O–H groups in total. The molecule has 0 radical (unpaired) electrons. The molecule has 0 aliphatic heterocycles. The molecule has 0 aliphatic carbocycles. The molecule has 0 amide bonds. The van der Waals surface area contributed by atoms with Gasteiger partial charge in [-0.2, -0.15) is 5.26 Å². The molecule has 2 aromatic rings. The summed E-state index contributed by atoms with van der Waals surface area (Å²) in [6.45, 7) is 6.25. The summed E-state index contributed by atoms with van der Waals surface area (Å²) in [4.78, 5) is 11.4. The van der Waals surface area contributed by atoms with Crippen molar-refractivity contribution in [3.63, 3.8) is 0 Å². The van der Waals surface area contributed by atoms with Gasteiger partial charge in [0, 0.05) is 17.9 Å². The molecule has 3 nitrogen and oxygen atoms in total. The summed E-state index contributed by atoms with van der Waals surface area (Å²) >= 11 is 0. The smallest absolute Gasteiger partial charge is 0.170 e. The fourth-order valence-corrected chi connectivity index (χ4v) is 2.35. The quantitative estimate of drug-likeness (QED) is 0.633. The maximum Gasteiger partial charge on any atom is 0.170 e. The van der Waals surface area contributed by atoms with Gasteiger partial charge >= 0.3 is 0 Å². The largest absolute Gasteiger partial charge is 0.344 e. The minimum absolute atomic E-state index is 0.190. The molecule has 1 heterocycles. The van der Waals surface area contributed by atoms with Crippen LogP contribution in [0.1, 0.15) is 29.4 Å². The SMILES string of the molecule is CC(=O)/C(C#N)=C\c1cc(C)n(Cc2ccccc2)c1C. The molecule has 0 unspecified atom stereocenters. The maximum atomic E-state index is 11.4. The first-order chi connectivity index (χ1) is 10.0. The van der Waals surface area contributed by atoms with Crippen molar-refractivity contribution in [3.05, 3.63) is 64.5 Å². The molecule has 1 aromatic carbocycles. The highest BCUT2D eigenvalue weighted by molar-refractivity contribution is 6.01. The van der Waals surface area contributed by atoms with E-state index in [1.165, 1.54) is 12.5 Å². The molecule has 1 aromatic heterocycles. The Hall–Kier alpha value is -2.60. The van der Waals surface area contributed by atoms with Crippen molar-refractivity contribution in [2.45, 2.75) is 27.3 Å². The Labute approximate surface area is 125 Å². The maximum absolute atomic E-state index is 11.4. The van der Waals surface area contributed by atoms with Crippen LogP contribution in [-0.4, -0.2) is 10.4 Å². The molecule has 0 saturated carbocycles. The summed E-state index contributed by atoms with van der Waals surface area (Å²) in [7, 11) is 0. The van der Waals surface area contributed by atoms with Gasteiger partial charge in [-0.25, -0.2) is 0 Å². The van der Waals surface area contributed by atoms with E-state index in [4.69, 9.17) is 5.26 Å². The van der Waals surface area contributed by atoms with Gasteiger partial charge in [-0.3, -0.25) is 4.79 Å². The first-order valence-corrected chi connectivity index (χ1v) is 6.86. The van der Waals surface area contributed by atoms with Crippen LogP contribution in [0.4, 0.5) is 0 Å². The van der Waals surface area contributed by atoms with Crippen molar-refractivity contribution in [3.8, 4) is 6.07 Å². The van der Waals surface area contributed by atoms with Gasteiger partial charge in [0.2, 0.25) is 0 Å². The number of nitrogens with zero attached hydrogens (tertiary/aromatic N) is 2. The molecular formula is C18H18N2O. The number of aromatic nitrogens is 1. The third-order valence-corrected chi connectivity index (χ3v) is 3.60. The average molecular weight is 278 g/mol. The standard InChI is InChI=1S/C18H18N2O/c1-13-9-17(10-18(11-19)15(3)21)14(2)20(13)12-16-7-5-4-6-8-16/h4-10H,12H2,1-3H3/b18-10-. The van der Waals surface area contributed by atoms with E-state index in [0.717, 1.165) is 23.5 Å². The molecule has 0 spiro atoms. The van der Waals surface area contributed by atoms with Crippen molar-refractivity contribution < 1.29 is 4.79 Å². The number of carbonyl (C=O) groups excluding carboxylic acids is 1. The number of carbonyl (C=O) groups is 1. The van der Waals surface area contributed by atoms with E-state index in [-0.39, 0.29) is 11.4 Å². The highest BCUT2D eigenvalue weighted by Gasteiger charge is 2.10. The lowest BCUT2D eigenvalue weighted by Crippen LogP contribution is -2.03. The van der Waals surface area contributed by atoms with Gasteiger partial charge in [0.1, 0.15) is 6.07 Å². The monoisotopic (exact) mass is 278 g/mol. The fourth-order valence-electron chi connectivity index (χ4n) is 2.35. The zero-order valence-corrected chi connectivity index (χ0v) is 12.6. The Balaban J connectivity index is 2.39. The lowest BCUT2D eigenvalue weighted by atomic mass is 10.1. The van der Waals surface area contributed by atoms with E-state index < -0.39 is 0 Å². The summed E-state index contributed by atoms with van der Waals surface area (Å²) < 4.78 is 2.19. The number of rotatable bonds is 4. The molecular weight excluding hydrogens is 260 g/mol. The Morgan fingerprint density at radius 1 is 1.29 bits per heavy atom.